The van der Waals surface area contributed by atoms with E-state index in [1.807, 2.05) is 13.8 Å². The molecule has 3 aromatic carbocycles. The summed E-state index contributed by atoms with van der Waals surface area (Å²) >= 11 is 0. The number of allylic oxidation sites excluding steroid dienone is 1. The van der Waals surface area contributed by atoms with E-state index in [4.69, 9.17) is 30.0 Å². The van der Waals surface area contributed by atoms with Crippen LogP contribution in [-0.4, -0.2) is 99.2 Å². The zero-order valence-corrected chi connectivity index (χ0v) is 46.8. The first kappa shape index (κ1) is 55.3. The van der Waals surface area contributed by atoms with Gasteiger partial charge in [-0.05, 0) is 90.1 Å². The number of rotatable bonds is 6. The van der Waals surface area contributed by atoms with Gasteiger partial charge in [0.1, 0.15) is 17.5 Å². The van der Waals surface area contributed by atoms with Crippen molar-refractivity contribution in [2.75, 3.05) is 13.7 Å². The molecule has 0 atom stereocenters. The van der Waals surface area contributed by atoms with E-state index in [2.05, 4.69) is 39.0 Å². The summed E-state index contributed by atoms with van der Waals surface area (Å²) in [7, 11) is 1.27. The Morgan fingerprint density at radius 2 is 1.28 bits per heavy atom. The Bertz CT molecular complexity index is 2480. The Balaban J connectivity index is 0.000000402. The largest absolute Gasteiger partial charge is 1.00 e. The van der Waals surface area contributed by atoms with E-state index < -0.39 is 41.3 Å². The molecule has 1 fully saturated rings. The molecule has 0 spiro atoms. The maximum atomic E-state index is 13.2. The molecule has 0 radical (unpaired) electrons. The molecule has 1 aliphatic rings. The zero-order chi connectivity index (χ0) is 43.7. The second-order valence-corrected chi connectivity index (χ2v) is 13.8. The van der Waals surface area contributed by atoms with Crippen molar-refractivity contribution >= 4 is 63.0 Å². The number of aromatic amines is 1. The van der Waals surface area contributed by atoms with Gasteiger partial charge < -0.3 is 39.8 Å². The van der Waals surface area contributed by atoms with Gasteiger partial charge in [-0.3, -0.25) is 9.78 Å². The van der Waals surface area contributed by atoms with Crippen molar-refractivity contribution in [2.45, 2.75) is 59.3 Å². The van der Waals surface area contributed by atoms with Gasteiger partial charge in [-0.15, -0.1) is 0 Å². The van der Waals surface area contributed by atoms with Crippen molar-refractivity contribution < 1.29 is 205 Å². The van der Waals surface area contributed by atoms with E-state index in [0.717, 1.165) is 12.2 Å². The summed E-state index contributed by atoms with van der Waals surface area (Å²) in [6.07, 6.45) is -0.422. The monoisotopic (exact) mass is 1080 g/mol. The third-order valence-corrected chi connectivity index (χ3v) is 7.33. The number of aromatic carboxylic acids is 2. The molecular formula is C38H40Cs2F3N6O11+. The number of carboxylic acid groups (broad SMARTS) is 4. The van der Waals surface area contributed by atoms with E-state index in [1.54, 1.807) is 20.0 Å². The van der Waals surface area contributed by atoms with E-state index in [9.17, 15) is 32.7 Å². The number of aromatic nitrogens is 6. The maximum Gasteiger partial charge on any atom is 1.00 e. The minimum atomic E-state index is -2.08. The number of carboxylic acids is 2. The number of H-pyrrole nitrogens is 1. The van der Waals surface area contributed by atoms with Crippen LogP contribution in [-0.2, 0) is 16.0 Å². The summed E-state index contributed by atoms with van der Waals surface area (Å²) in [4.78, 5) is 41.7. The average Bonchev–Trinajstić information content (AvgIpc) is 3.40. The van der Waals surface area contributed by atoms with Crippen LogP contribution in [0.25, 0.3) is 38.9 Å². The summed E-state index contributed by atoms with van der Waals surface area (Å²) in [5, 5.41) is 58.6. The van der Waals surface area contributed by atoms with Crippen LogP contribution < -0.4 is 143 Å². The fourth-order valence-corrected chi connectivity index (χ4v) is 4.79. The number of fused-ring (bicyclic) bond motifs is 3. The molecule has 0 aliphatic carbocycles. The Labute approximate surface area is 458 Å². The molecule has 22 heteroatoms. The predicted molar refractivity (Wildman–Crippen MR) is 201 cm³/mol. The van der Waals surface area contributed by atoms with Crippen molar-refractivity contribution in [3.63, 3.8) is 0 Å². The Hall–Kier alpha value is -2.70. The zero-order valence-electron chi connectivity index (χ0n) is 34.2. The smallest absolute Gasteiger partial charge is 0.565 e. The Kier molecular flexibility index (Phi) is 22.3. The van der Waals surface area contributed by atoms with E-state index in [-0.39, 0.29) is 173 Å². The summed E-state index contributed by atoms with van der Waals surface area (Å²) < 4.78 is 51.2. The first-order chi connectivity index (χ1) is 26.9. The molecule has 0 amide bonds. The second kappa shape index (κ2) is 24.2. The van der Waals surface area contributed by atoms with Gasteiger partial charge >= 0.3 is 156 Å². The van der Waals surface area contributed by atoms with E-state index >= 15 is 0 Å². The van der Waals surface area contributed by atoms with Gasteiger partial charge in [0.2, 0.25) is 6.16 Å². The third kappa shape index (κ3) is 17.2. The number of hydrogen-bond donors (Lipinski definition) is 5. The van der Waals surface area contributed by atoms with Crippen LogP contribution in [0.3, 0.4) is 0 Å². The van der Waals surface area contributed by atoms with Gasteiger partial charge in [-0.1, -0.05) is 5.57 Å². The molecule has 1 aliphatic heterocycles. The number of hydrogen-bond acceptors (Lipinski definition) is 11. The third-order valence-electron chi connectivity index (χ3n) is 7.33. The Morgan fingerprint density at radius 1 is 0.850 bits per heavy atom. The SMILES string of the molecule is CC(C)(O)Cn1nc(C(=O)O)c2ccc(F)cc21.CC(C)=Cn1nc(C(=O)O)c2ccc(F)cc21.CC1(C)CO1.COC(=O)c1n[nH]c2cc(F)ccc12.O=C([O-])O.[Cs+].[Cs+]. The van der Waals surface area contributed by atoms with E-state index in [1.165, 1.54) is 71.1 Å². The standard InChI is InChI=1S/C12H13FN2O3.C12H11FN2O2.C9H7FN2O2.C4H8O.CH2O3.2Cs/c1-12(2,18)6-15-9-5-7(13)3-4-8(9)10(14-15)11(16)17;1-7(2)6-15-10-5-8(13)3-4-9(10)11(14-15)12(16)17;1-14-9(13)8-6-3-2-5(10)4-7(6)11-12-8;1-4(2)3-5-4;2-1(3)4;;/h3-5,18H,6H2,1-2H3,(H,16,17);3-6H,1-2H3,(H,16,17);2-4H,1H3,(H,11,12);3H2,1-2H3;(H2,2,3,4);;/q;;;;;2*+1/p-1. The molecule has 3 aromatic heterocycles. The van der Waals surface area contributed by atoms with Crippen molar-refractivity contribution in [2.24, 2.45) is 0 Å². The topological polar surface area (TPSA) is 258 Å². The predicted octanol–water partition coefficient (Wildman–Crippen LogP) is -0.422. The summed E-state index contributed by atoms with van der Waals surface area (Å²) in [6, 6.07) is 11.7. The van der Waals surface area contributed by atoms with Crippen LogP contribution in [0.1, 0.15) is 73.0 Å². The number of nitrogens with one attached hydrogen (secondary N) is 1. The number of carbonyl (C=O) groups excluding carboxylic acids is 1. The van der Waals surface area contributed by atoms with E-state index in [0.29, 0.717) is 32.7 Å². The summed E-state index contributed by atoms with van der Waals surface area (Å²) in [5.74, 6) is -4.11. The van der Waals surface area contributed by atoms with Gasteiger partial charge in [0.25, 0.3) is 0 Å². The van der Waals surface area contributed by atoms with Crippen LogP contribution >= 0.6 is 0 Å². The minimum absolute atomic E-state index is 0. The van der Waals surface area contributed by atoms with Gasteiger partial charge in [-0.2, -0.15) is 15.3 Å². The molecule has 17 nitrogen and oxygen atoms in total. The molecule has 0 unspecified atom stereocenters. The number of benzene rings is 3. The van der Waals surface area contributed by atoms with Crippen LogP contribution in [0.2, 0.25) is 0 Å². The first-order valence-corrected chi connectivity index (χ1v) is 16.9. The number of esters is 1. The molecular weight excluding hydrogens is 1040 g/mol. The van der Waals surface area contributed by atoms with Crippen molar-refractivity contribution in [1.82, 2.24) is 29.8 Å². The first-order valence-electron chi connectivity index (χ1n) is 16.9. The number of carbonyl (C=O) groups is 4. The number of epoxide rings is 1. The molecule has 310 valence electrons. The molecule has 7 rings (SSSR count). The molecule has 6 aromatic rings. The number of methoxy groups -OCH3 is 1. The molecule has 0 bridgehead atoms. The fourth-order valence-electron chi connectivity index (χ4n) is 4.79. The quantitative estimate of drug-likeness (QED) is 0.105. The van der Waals surface area contributed by atoms with Gasteiger partial charge in [0.15, 0.2) is 17.1 Å². The van der Waals surface area contributed by atoms with Crippen molar-refractivity contribution in [3.8, 4) is 0 Å². The normalized spacial score (nSPS) is 11.9. The minimum Gasteiger partial charge on any atom is -0.565 e. The maximum absolute atomic E-state index is 13.2. The number of halogens is 3. The summed E-state index contributed by atoms with van der Waals surface area (Å²) in [5.41, 5.74) is 1.36. The average molecular weight is 1080 g/mol. The van der Waals surface area contributed by atoms with Crippen LogP contribution in [0.4, 0.5) is 18.0 Å². The number of nitrogens with zero attached hydrogens (tertiary/aromatic N) is 5. The van der Waals surface area contributed by atoms with Gasteiger partial charge in [-0.25, -0.2) is 32.2 Å². The van der Waals surface area contributed by atoms with Crippen LogP contribution in [0.15, 0.2) is 60.2 Å². The van der Waals surface area contributed by atoms with Crippen LogP contribution in [0.5, 0.6) is 0 Å². The van der Waals surface area contributed by atoms with Crippen LogP contribution in [0, 0.1) is 17.5 Å². The fraction of sp³-hybridized carbons (Fsp3) is 0.289. The summed E-state index contributed by atoms with van der Waals surface area (Å²) in [6.45, 7) is 12.0. The van der Waals surface area contributed by atoms with Gasteiger partial charge in [0, 0.05) is 28.4 Å². The molecule has 4 heterocycles. The molecule has 1 saturated heterocycles. The van der Waals surface area contributed by atoms with Crippen molar-refractivity contribution in [1.29, 1.82) is 0 Å². The molecule has 0 saturated carbocycles. The molecule has 60 heavy (non-hydrogen) atoms. The Morgan fingerprint density at radius 3 is 1.72 bits per heavy atom. The van der Waals surface area contributed by atoms with Crippen molar-refractivity contribution in [3.05, 3.63) is 94.7 Å². The number of ether oxygens (including phenoxy) is 2. The second-order valence-electron chi connectivity index (χ2n) is 13.8. The number of aliphatic hydroxyl groups is 1. The molecule has 5 N–H and O–H groups in total. The van der Waals surface area contributed by atoms with Gasteiger partial charge in [0.05, 0.1) is 48.0 Å².